The van der Waals surface area contributed by atoms with Crippen molar-refractivity contribution in [3.05, 3.63) is 192 Å². The van der Waals surface area contributed by atoms with Crippen molar-refractivity contribution in [2.75, 3.05) is 0 Å². The van der Waals surface area contributed by atoms with Gasteiger partial charge in [0.15, 0.2) is 0 Å². The molecule has 0 bridgehead atoms. The summed E-state index contributed by atoms with van der Waals surface area (Å²) in [5, 5.41) is 7.48. The Kier molecular flexibility index (Phi) is 7.26. The fraction of sp³-hybridized carbons (Fsp3) is 0.0455. The number of allylic oxidation sites excluding steroid dienone is 8. The van der Waals surface area contributed by atoms with Gasteiger partial charge in [-0.3, -0.25) is 0 Å². The zero-order valence-corrected chi connectivity index (χ0v) is 25.1. The lowest BCUT2D eigenvalue weighted by Gasteiger charge is -2.20. The van der Waals surface area contributed by atoms with E-state index < -0.39 is 0 Å². The molecule has 1 aliphatic rings. The van der Waals surface area contributed by atoms with Crippen LogP contribution in [0.15, 0.2) is 164 Å². The SMILES string of the molecule is C=Cc1ccccc1C(=C)c1c2ccccc2c(C(C)=CC=C2C=CC(c3cccc4ccccc34)=CC2)c2ccccc12. The maximum absolute atomic E-state index is 4.64. The zero-order valence-electron chi connectivity index (χ0n) is 25.1. The first kappa shape index (κ1) is 27.4. The third-order valence-electron chi connectivity index (χ3n) is 8.82. The second-order valence-corrected chi connectivity index (χ2v) is 11.4. The van der Waals surface area contributed by atoms with Gasteiger partial charge < -0.3 is 0 Å². The van der Waals surface area contributed by atoms with Crippen LogP contribution in [0.1, 0.15) is 41.2 Å². The predicted octanol–water partition coefficient (Wildman–Crippen LogP) is 12.2. The van der Waals surface area contributed by atoms with Gasteiger partial charge in [-0.1, -0.05) is 165 Å². The van der Waals surface area contributed by atoms with Crippen molar-refractivity contribution >= 4 is 55.1 Å². The Labute approximate surface area is 260 Å². The van der Waals surface area contributed by atoms with Crippen molar-refractivity contribution < 1.29 is 0 Å². The summed E-state index contributed by atoms with van der Waals surface area (Å²) in [6.07, 6.45) is 14.3. The molecule has 6 aromatic carbocycles. The third kappa shape index (κ3) is 4.85. The fourth-order valence-corrected chi connectivity index (χ4v) is 6.64. The quantitative estimate of drug-likeness (QED) is 0.177. The van der Waals surface area contributed by atoms with Gasteiger partial charge in [0.05, 0.1) is 0 Å². The Morgan fingerprint density at radius 1 is 0.636 bits per heavy atom. The van der Waals surface area contributed by atoms with Crippen molar-refractivity contribution in [2.24, 2.45) is 0 Å². The summed E-state index contributed by atoms with van der Waals surface area (Å²) in [4.78, 5) is 0. The first-order valence-electron chi connectivity index (χ1n) is 15.2. The molecule has 1 aliphatic carbocycles. The van der Waals surface area contributed by atoms with Crippen LogP contribution < -0.4 is 0 Å². The molecule has 0 heterocycles. The summed E-state index contributed by atoms with van der Waals surface area (Å²) in [7, 11) is 0. The van der Waals surface area contributed by atoms with E-state index in [1.54, 1.807) is 0 Å². The van der Waals surface area contributed by atoms with Crippen LogP contribution >= 0.6 is 0 Å². The summed E-state index contributed by atoms with van der Waals surface area (Å²) < 4.78 is 0. The highest BCUT2D eigenvalue weighted by molar-refractivity contribution is 6.17. The molecular weight excluding hydrogens is 528 g/mol. The molecule has 0 saturated heterocycles. The summed E-state index contributed by atoms with van der Waals surface area (Å²) in [5.74, 6) is 0. The molecule has 0 atom stereocenters. The van der Waals surface area contributed by atoms with E-state index in [0.717, 1.165) is 23.1 Å². The molecular formula is C44H34. The molecule has 0 spiro atoms. The molecule has 210 valence electrons. The van der Waals surface area contributed by atoms with Gasteiger partial charge in [0, 0.05) is 0 Å². The van der Waals surface area contributed by atoms with Gasteiger partial charge in [-0.2, -0.15) is 0 Å². The number of hydrogen-bond acceptors (Lipinski definition) is 0. The lowest BCUT2D eigenvalue weighted by Crippen LogP contribution is -1.97. The minimum absolute atomic E-state index is 0.905. The van der Waals surface area contributed by atoms with Gasteiger partial charge in [0.25, 0.3) is 0 Å². The molecule has 6 aromatic rings. The Morgan fingerprint density at radius 3 is 1.89 bits per heavy atom. The van der Waals surface area contributed by atoms with E-state index in [4.69, 9.17) is 0 Å². The van der Waals surface area contributed by atoms with Crippen LogP contribution in [0.25, 0.3) is 55.1 Å². The lowest BCUT2D eigenvalue weighted by atomic mass is 9.83. The smallest absolute Gasteiger partial charge is 0.00261 e. The molecule has 44 heavy (non-hydrogen) atoms. The van der Waals surface area contributed by atoms with Crippen molar-refractivity contribution in [1.82, 2.24) is 0 Å². The standard InChI is InChI=1S/C44H34/c1-4-33-14-5-7-17-36(33)31(3)44-41-21-11-9-19-39(41)43(40-20-10-12-22-42(40)44)30(2)24-25-32-26-28-35(29-27-32)38-23-13-16-34-15-6-8-18-37(34)38/h4-26,28-29H,1,3,27H2,2H3. The minimum atomic E-state index is 0.905. The zero-order chi connectivity index (χ0) is 30.0. The second-order valence-electron chi connectivity index (χ2n) is 11.4. The van der Waals surface area contributed by atoms with Gasteiger partial charge >= 0.3 is 0 Å². The van der Waals surface area contributed by atoms with Crippen molar-refractivity contribution in [2.45, 2.75) is 13.3 Å². The highest BCUT2D eigenvalue weighted by Crippen LogP contribution is 2.41. The maximum Gasteiger partial charge on any atom is -0.00261 e. The number of fused-ring (bicyclic) bond motifs is 3. The van der Waals surface area contributed by atoms with Crippen LogP contribution in [0.3, 0.4) is 0 Å². The van der Waals surface area contributed by atoms with Crippen LogP contribution in [0.2, 0.25) is 0 Å². The molecule has 0 radical (unpaired) electrons. The molecule has 7 rings (SSSR count). The Hall–Kier alpha value is -5.46. The number of rotatable bonds is 6. The van der Waals surface area contributed by atoms with Gasteiger partial charge in [-0.25, -0.2) is 0 Å². The van der Waals surface area contributed by atoms with E-state index in [2.05, 4.69) is 166 Å². The van der Waals surface area contributed by atoms with E-state index in [1.807, 2.05) is 6.08 Å². The Balaban J connectivity index is 1.29. The maximum atomic E-state index is 4.64. The van der Waals surface area contributed by atoms with Crippen LogP contribution in [0, 0.1) is 0 Å². The van der Waals surface area contributed by atoms with E-state index in [-0.39, 0.29) is 0 Å². The molecule has 0 aliphatic heterocycles. The lowest BCUT2D eigenvalue weighted by molar-refractivity contribution is 1.27. The molecule has 0 saturated carbocycles. The van der Waals surface area contributed by atoms with Crippen LogP contribution in [0.5, 0.6) is 0 Å². The number of hydrogen-bond donors (Lipinski definition) is 0. The van der Waals surface area contributed by atoms with E-state index in [1.165, 1.54) is 65.7 Å². The van der Waals surface area contributed by atoms with Gasteiger partial charge in [-0.05, 0) is 95.8 Å². The molecule has 0 amide bonds. The fourth-order valence-electron chi connectivity index (χ4n) is 6.64. The highest BCUT2D eigenvalue weighted by atomic mass is 14.2. The van der Waals surface area contributed by atoms with Crippen LogP contribution in [-0.4, -0.2) is 0 Å². The summed E-state index contributed by atoms with van der Waals surface area (Å²) >= 11 is 0. The third-order valence-corrected chi connectivity index (χ3v) is 8.82. The van der Waals surface area contributed by atoms with E-state index in [9.17, 15) is 0 Å². The monoisotopic (exact) mass is 562 g/mol. The predicted molar refractivity (Wildman–Crippen MR) is 194 cm³/mol. The van der Waals surface area contributed by atoms with Crippen molar-refractivity contribution in [3.8, 4) is 0 Å². The molecule has 0 heteroatoms. The van der Waals surface area contributed by atoms with E-state index >= 15 is 0 Å². The van der Waals surface area contributed by atoms with Gasteiger partial charge in [0.1, 0.15) is 0 Å². The van der Waals surface area contributed by atoms with Crippen molar-refractivity contribution in [1.29, 1.82) is 0 Å². The minimum Gasteiger partial charge on any atom is -0.0984 e. The van der Waals surface area contributed by atoms with Crippen LogP contribution in [-0.2, 0) is 0 Å². The molecule has 0 fully saturated rings. The summed E-state index contributed by atoms with van der Waals surface area (Å²) in [6.45, 7) is 10.9. The first-order valence-corrected chi connectivity index (χ1v) is 15.2. The molecule has 0 unspecified atom stereocenters. The topological polar surface area (TPSA) is 0 Å². The Morgan fingerprint density at radius 2 is 1.23 bits per heavy atom. The average molecular weight is 563 g/mol. The number of benzene rings is 6. The molecule has 0 nitrogen and oxygen atoms in total. The molecule has 0 aromatic heterocycles. The normalized spacial score (nSPS) is 14.3. The molecule has 0 N–H and O–H groups in total. The average Bonchev–Trinajstić information content (AvgIpc) is 3.09. The highest BCUT2D eigenvalue weighted by Gasteiger charge is 2.18. The van der Waals surface area contributed by atoms with Gasteiger partial charge in [0.2, 0.25) is 0 Å². The largest absolute Gasteiger partial charge is 0.0984 e. The van der Waals surface area contributed by atoms with Crippen molar-refractivity contribution in [3.63, 3.8) is 0 Å². The van der Waals surface area contributed by atoms with Crippen LogP contribution in [0.4, 0.5) is 0 Å². The summed E-state index contributed by atoms with van der Waals surface area (Å²) in [5.41, 5.74) is 10.8. The summed E-state index contributed by atoms with van der Waals surface area (Å²) in [6, 6.07) is 41.0. The Bertz CT molecular complexity index is 2170. The van der Waals surface area contributed by atoms with Gasteiger partial charge in [-0.15, -0.1) is 0 Å². The second kappa shape index (κ2) is 11.7. The first-order chi connectivity index (χ1) is 21.6. The van der Waals surface area contributed by atoms with E-state index in [0.29, 0.717) is 0 Å².